The van der Waals surface area contributed by atoms with Crippen LogP contribution in [0.25, 0.3) is 0 Å². The van der Waals surface area contributed by atoms with Crippen LogP contribution < -0.4 is 10.1 Å². The SMILES string of the molecule is CCCC(CCO)CNC(=O)COc1ccc(C)cc1C. The minimum Gasteiger partial charge on any atom is -0.484 e. The summed E-state index contributed by atoms with van der Waals surface area (Å²) in [5.74, 6) is 0.968. The Morgan fingerprint density at radius 3 is 2.71 bits per heavy atom. The molecule has 118 valence electrons. The molecule has 0 bridgehead atoms. The van der Waals surface area contributed by atoms with Gasteiger partial charge in [-0.3, -0.25) is 4.79 Å². The van der Waals surface area contributed by atoms with Gasteiger partial charge in [-0.15, -0.1) is 0 Å². The standard InChI is InChI=1S/C17H27NO3/c1-4-5-15(8-9-19)11-18-17(20)12-21-16-7-6-13(2)10-14(16)3/h6-7,10,15,19H,4-5,8-9,11-12H2,1-3H3,(H,18,20). The first-order valence-electron chi connectivity index (χ1n) is 7.64. The average molecular weight is 293 g/mol. The lowest BCUT2D eigenvalue weighted by molar-refractivity contribution is -0.123. The maximum absolute atomic E-state index is 11.8. The third-order valence-corrected chi connectivity index (χ3v) is 3.51. The topological polar surface area (TPSA) is 58.6 Å². The number of aliphatic hydroxyl groups excluding tert-OH is 1. The van der Waals surface area contributed by atoms with Crippen molar-refractivity contribution in [3.8, 4) is 5.75 Å². The number of aryl methyl sites for hydroxylation is 2. The van der Waals surface area contributed by atoms with E-state index in [1.54, 1.807) is 0 Å². The fourth-order valence-corrected chi connectivity index (χ4v) is 2.35. The van der Waals surface area contributed by atoms with Crippen molar-refractivity contribution < 1.29 is 14.6 Å². The molecule has 0 heterocycles. The van der Waals surface area contributed by atoms with E-state index in [0.717, 1.165) is 30.6 Å². The molecule has 1 atom stereocenters. The fourth-order valence-electron chi connectivity index (χ4n) is 2.35. The summed E-state index contributed by atoms with van der Waals surface area (Å²) >= 11 is 0. The molecule has 0 aromatic heterocycles. The minimum atomic E-state index is -0.117. The van der Waals surface area contributed by atoms with Crippen LogP contribution in [0.4, 0.5) is 0 Å². The van der Waals surface area contributed by atoms with Gasteiger partial charge in [0.25, 0.3) is 5.91 Å². The zero-order valence-corrected chi connectivity index (χ0v) is 13.3. The largest absolute Gasteiger partial charge is 0.484 e. The highest BCUT2D eigenvalue weighted by Crippen LogP contribution is 2.18. The van der Waals surface area contributed by atoms with Crippen LogP contribution in [-0.2, 0) is 4.79 Å². The number of aliphatic hydroxyl groups is 1. The van der Waals surface area contributed by atoms with E-state index in [4.69, 9.17) is 9.84 Å². The second-order valence-corrected chi connectivity index (χ2v) is 5.53. The predicted molar refractivity (Wildman–Crippen MR) is 84.5 cm³/mol. The van der Waals surface area contributed by atoms with Gasteiger partial charge in [0, 0.05) is 13.2 Å². The summed E-state index contributed by atoms with van der Waals surface area (Å²) in [6, 6.07) is 5.90. The molecule has 4 nitrogen and oxygen atoms in total. The molecular weight excluding hydrogens is 266 g/mol. The molecule has 0 fully saturated rings. The smallest absolute Gasteiger partial charge is 0.257 e. The van der Waals surface area contributed by atoms with Gasteiger partial charge in [0.2, 0.25) is 0 Å². The summed E-state index contributed by atoms with van der Waals surface area (Å²) in [6.07, 6.45) is 2.80. The Morgan fingerprint density at radius 2 is 2.10 bits per heavy atom. The van der Waals surface area contributed by atoms with E-state index in [1.165, 1.54) is 5.56 Å². The molecule has 0 saturated heterocycles. The molecule has 1 unspecified atom stereocenters. The van der Waals surface area contributed by atoms with Crippen LogP contribution in [-0.4, -0.2) is 30.8 Å². The number of ether oxygens (including phenoxy) is 1. The molecular formula is C17H27NO3. The van der Waals surface area contributed by atoms with Crippen LogP contribution in [0.5, 0.6) is 5.75 Å². The van der Waals surface area contributed by atoms with Crippen molar-refractivity contribution in [3.63, 3.8) is 0 Å². The van der Waals surface area contributed by atoms with Crippen molar-refractivity contribution in [1.82, 2.24) is 5.32 Å². The molecule has 0 aliphatic carbocycles. The molecule has 1 aromatic carbocycles. The Morgan fingerprint density at radius 1 is 1.33 bits per heavy atom. The van der Waals surface area contributed by atoms with Crippen LogP contribution in [0.1, 0.15) is 37.3 Å². The van der Waals surface area contributed by atoms with Crippen molar-refractivity contribution >= 4 is 5.91 Å². The third-order valence-electron chi connectivity index (χ3n) is 3.51. The molecule has 1 aromatic rings. The van der Waals surface area contributed by atoms with Gasteiger partial charge in [-0.25, -0.2) is 0 Å². The van der Waals surface area contributed by atoms with Gasteiger partial charge in [0.1, 0.15) is 5.75 Å². The molecule has 0 radical (unpaired) electrons. The van der Waals surface area contributed by atoms with Gasteiger partial charge in [-0.05, 0) is 44.2 Å². The number of hydrogen-bond donors (Lipinski definition) is 2. The third kappa shape index (κ3) is 6.63. The number of carbonyl (C=O) groups is 1. The summed E-state index contributed by atoms with van der Waals surface area (Å²) in [7, 11) is 0. The number of hydrogen-bond acceptors (Lipinski definition) is 3. The molecule has 0 aliphatic rings. The summed E-state index contributed by atoms with van der Waals surface area (Å²) in [4.78, 5) is 11.8. The van der Waals surface area contributed by atoms with Gasteiger partial charge < -0.3 is 15.2 Å². The quantitative estimate of drug-likeness (QED) is 0.736. The Balaban J connectivity index is 2.36. The molecule has 0 saturated carbocycles. The van der Waals surface area contributed by atoms with Gasteiger partial charge in [0.15, 0.2) is 6.61 Å². The van der Waals surface area contributed by atoms with Crippen LogP contribution >= 0.6 is 0 Å². The summed E-state index contributed by atoms with van der Waals surface area (Å²) in [5.41, 5.74) is 2.21. The summed E-state index contributed by atoms with van der Waals surface area (Å²) in [6.45, 7) is 6.90. The Labute approximate surface area is 127 Å². The van der Waals surface area contributed by atoms with Crippen molar-refractivity contribution in [1.29, 1.82) is 0 Å². The van der Waals surface area contributed by atoms with Crippen LogP contribution in [0.3, 0.4) is 0 Å². The zero-order valence-electron chi connectivity index (χ0n) is 13.3. The first-order chi connectivity index (χ1) is 10.1. The Kier molecular flexibility index (Phi) is 7.83. The monoisotopic (exact) mass is 293 g/mol. The van der Waals surface area contributed by atoms with Crippen LogP contribution in [0, 0.1) is 19.8 Å². The molecule has 1 rings (SSSR count). The van der Waals surface area contributed by atoms with Crippen LogP contribution in [0.15, 0.2) is 18.2 Å². The van der Waals surface area contributed by atoms with Gasteiger partial charge in [-0.1, -0.05) is 31.0 Å². The van der Waals surface area contributed by atoms with Crippen LogP contribution in [0.2, 0.25) is 0 Å². The van der Waals surface area contributed by atoms with Crippen molar-refractivity contribution in [3.05, 3.63) is 29.3 Å². The van der Waals surface area contributed by atoms with E-state index in [-0.39, 0.29) is 19.1 Å². The maximum atomic E-state index is 11.8. The maximum Gasteiger partial charge on any atom is 0.257 e. The van der Waals surface area contributed by atoms with E-state index in [9.17, 15) is 4.79 Å². The molecule has 0 spiro atoms. The number of amides is 1. The first-order valence-corrected chi connectivity index (χ1v) is 7.64. The van der Waals surface area contributed by atoms with Gasteiger partial charge in [0.05, 0.1) is 0 Å². The normalized spacial score (nSPS) is 12.0. The second kappa shape index (κ2) is 9.40. The molecule has 2 N–H and O–H groups in total. The minimum absolute atomic E-state index is 0.0296. The highest BCUT2D eigenvalue weighted by Gasteiger charge is 2.10. The second-order valence-electron chi connectivity index (χ2n) is 5.53. The average Bonchev–Trinajstić information content (AvgIpc) is 2.44. The summed E-state index contributed by atoms with van der Waals surface area (Å²) in [5, 5.41) is 11.9. The highest BCUT2D eigenvalue weighted by molar-refractivity contribution is 5.77. The molecule has 21 heavy (non-hydrogen) atoms. The first kappa shape index (κ1) is 17.5. The number of nitrogens with one attached hydrogen (secondary N) is 1. The molecule has 0 aliphatic heterocycles. The number of carbonyl (C=O) groups excluding carboxylic acids is 1. The highest BCUT2D eigenvalue weighted by atomic mass is 16.5. The van der Waals surface area contributed by atoms with E-state index in [2.05, 4.69) is 12.2 Å². The number of benzene rings is 1. The van der Waals surface area contributed by atoms with E-state index >= 15 is 0 Å². The summed E-state index contributed by atoms with van der Waals surface area (Å²) < 4.78 is 5.54. The number of rotatable bonds is 9. The van der Waals surface area contributed by atoms with Gasteiger partial charge in [-0.2, -0.15) is 0 Å². The lowest BCUT2D eigenvalue weighted by atomic mass is 10.0. The lowest BCUT2D eigenvalue weighted by Crippen LogP contribution is -2.33. The van der Waals surface area contributed by atoms with E-state index in [1.807, 2.05) is 32.0 Å². The Hall–Kier alpha value is -1.55. The van der Waals surface area contributed by atoms with Crippen molar-refractivity contribution in [2.75, 3.05) is 19.8 Å². The fraction of sp³-hybridized carbons (Fsp3) is 0.588. The predicted octanol–water partition coefficient (Wildman–Crippen LogP) is 2.60. The van der Waals surface area contributed by atoms with Crippen molar-refractivity contribution in [2.24, 2.45) is 5.92 Å². The van der Waals surface area contributed by atoms with Gasteiger partial charge >= 0.3 is 0 Å². The lowest BCUT2D eigenvalue weighted by Gasteiger charge is -2.16. The Bertz CT molecular complexity index is 440. The van der Waals surface area contributed by atoms with Crippen molar-refractivity contribution in [2.45, 2.75) is 40.0 Å². The zero-order chi connectivity index (χ0) is 15.7. The van der Waals surface area contributed by atoms with E-state index in [0.29, 0.717) is 12.5 Å². The molecule has 1 amide bonds. The van der Waals surface area contributed by atoms with E-state index < -0.39 is 0 Å². The molecule has 4 heteroatoms.